The van der Waals surface area contributed by atoms with Crippen molar-refractivity contribution < 1.29 is 69.0 Å². The third-order valence-electron chi connectivity index (χ3n) is 7.41. The SMILES string of the molecule is COc1c(O[C@@H]2OC(CO[C@@H]3OC(C)[C@H](O)C(O)[C@@H]3O)[C@@H](O)[C@H](O)C2O)cc2oc(-c3ccc(O)cc3)cc(=O)c2c1O. The van der Waals surface area contributed by atoms with E-state index in [-0.39, 0.29) is 34.0 Å². The van der Waals surface area contributed by atoms with Gasteiger partial charge in [-0.1, -0.05) is 0 Å². The predicted octanol–water partition coefficient (Wildman–Crippen LogP) is -1.09. The molecule has 1 aromatic heterocycles. The molecule has 0 radical (unpaired) electrons. The molecule has 43 heavy (non-hydrogen) atoms. The van der Waals surface area contributed by atoms with Gasteiger partial charge in [-0.25, -0.2) is 0 Å². The van der Waals surface area contributed by atoms with E-state index in [1.165, 1.54) is 44.4 Å². The monoisotopic (exact) mass is 608 g/mol. The fourth-order valence-electron chi connectivity index (χ4n) is 4.93. The van der Waals surface area contributed by atoms with Crippen molar-refractivity contribution in [1.82, 2.24) is 0 Å². The molecule has 2 aliphatic heterocycles. The van der Waals surface area contributed by atoms with Crippen LogP contribution in [0.25, 0.3) is 22.3 Å². The number of hydrogen-bond donors (Lipinski definition) is 8. The van der Waals surface area contributed by atoms with Crippen LogP contribution in [0.4, 0.5) is 0 Å². The van der Waals surface area contributed by atoms with Crippen LogP contribution in [0.1, 0.15) is 6.92 Å². The average molecular weight is 609 g/mol. The Morgan fingerprint density at radius 1 is 0.814 bits per heavy atom. The van der Waals surface area contributed by atoms with Crippen LogP contribution in [0, 0.1) is 0 Å². The highest BCUT2D eigenvalue weighted by atomic mass is 16.7. The van der Waals surface area contributed by atoms with Crippen molar-refractivity contribution in [2.24, 2.45) is 0 Å². The smallest absolute Gasteiger partial charge is 0.229 e. The number of aromatic hydroxyl groups is 2. The molecule has 15 nitrogen and oxygen atoms in total. The molecule has 8 N–H and O–H groups in total. The zero-order valence-corrected chi connectivity index (χ0v) is 22.9. The van der Waals surface area contributed by atoms with Gasteiger partial charge in [0.15, 0.2) is 23.2 Å². The Hall–Kier alpha value is -3.51. The van der Waals surface area contributed by atoms with E-state index in [0.29, 0.717) is 5.56 Å². The number of rotatable bonds is 7. The minimum absolute atomic E-state index is 0.000367. The first-order chi connectivity index (χ1) is 20.4. The Morgan fingerprint density at radius 3 is 2.14 bits per heavy atom. The average Bonchev–Trinajstić information content (AvgIpc) is 2.98. The van der Waals surface area contributed by atoms with Crippen molar-refractivity contribution >= 4 is 11.0 Å². The molecule has 0 saturated carbocycles. The van der Waals surface area contributed by atoms with Crippen molar-refractivity contribution in [2.75, 3.05) is 13.7 Å². The van der Waals surface area contributed by atoms with Gasteiger partial charge in [0.25, 0.3) is 0 Å². The lowest BCUT2D eigenvalue weighted by molar-refractivity contribution is -0.318. The van der Waals surface area contributed by atoms with Gasteiger partial charge in [-0.15, -0.1) is 0 Å². The number of aliphatic hydroxyl groups is 6. The lowest BCUT2D eigenvalue weighted by Gasteiger charge is -2.42. The van der Waals surface area contributed by atoms with Gasteiger partial charge in [0.1, 0.15) is 65.2 Å². The summed E-state index contributed by atoms with van der Waals surface area (Å²) in [4.78, 5) is 12.9. The highest BCUT2D eigenvalue weighted by Crippen LogP contribution is 2.43. The van der Waals surface area contributed by atoms with Gasteiger partial charge >= 0.3 is 0 Å². The second kappa shape index (κ2) is 12.2. The first kappa shape index (κ1) is 30.9. The van der Waals surface area contributed by atoms with Gasteiger partial charge in [0, 0.05) is 17.7 Å². The molecule has 2 fully saturated rings. The van der Waals surface area contributed by atoms with E-state index >= 15 is 0 Å². The number of hydrogen-bond acceptors (Lipinski definition) is 15. The van der Waals surface area contributed by atoms with Crippen molar-refractivity contribution in [1.29, 1.82) is 0 Å². The maximum Gasteiger partial charge on any atom is 0.229 e. The third kappa shape index (κ3) is 5.86. The summed E-state index contributed by atoms with van der Waals surface area (Å²) in [7, 11) is 1.19. The summed E-state index contributed by atoms with van der Waals surface area (Å²) < 4.78 is 33.3. The zero-order valence-electron chi connectivity index (χ0n) is 22.9. The number of aliphatic hydroxyl groups excluding tert-OH is 6. The summed E-state index contributed by atoms with van der Waals surface area (Å²) in [5.41, 5.74) is -0.299. The quantitative estimate of drug-likeness (QED) is 0.159. The molecular formula is C28H32O15. The summed E-state index contributed by atoms with van der Waals surface area (Å²) in [5.74, 6) is -1.10. The van der Waals surface area contributed by atoms with Crippen LogP contribution in [0.5, 0.6) is 23.0 Å². The van der Waals surface area contributed by atoms with Crippen LogP contribution >= 0.6 is 0 Å². The van der Waals surface area contributed by atoms with Gasteiger partial charge in [0.05, 0.1) is 19.8 Å². The lowest BCUT2D eigenvalue weighted by atomic mass is 9.98. The maximum atomic E-state index is 12.9. The summed E-state index contributed by atoms with van der Waals surface area (Å²) in [6.45, 7) is 0.932. The van der Waals surface area contributed by atoms with E-state index in [4.69, 9.17) is 28.1 Å². The largest absolute Gasteiger partial charge is 0.508 e. The zero-order chi connectivity index (χ0) is 31.2. The number of ether oxygens (including phenoxy) is 5. The normalized spacial score (nSPS) is 32.9. The number of methoxy groups -OCH3 is 1. The first-order valence-corrected chi connectivity index (χ1v) is 13.3. The second-order valence-electron chi connectivity index (χ2n) is 10.3. The van der Waals surface area contributed by atoms with E-state index in [2.05, 4.69) is 0 Å². The van der Waals surface area contributed by atoms with Gasteiger partial charge in [-0.2, -0.15) is 0 Å². The molecule has 3 aromatic rings. The van der Waals surface area contributed by atoms with Crippen molar-refractivity contribution in [2.45, 2.75) is 68.3 Å². The van der Waals surface area contributed by atoms with Crippen molar-refractivity contribution in [3.05, 3.63) is 46.6 Å². The maximum absolute atomic E-state index is 12.9. The van der Waals surface area contributed by atoms with Gasteiger partial charge in [-0.3, -0.25) is 4.79 Å². The molecule has 15 heteroatoms. The van der Waals surface area contributed by atoms with Gasteiger partial charge in [-0.05, 0) is 31.2 Å². The fraction of sp³-hybridized carbons (Fsp3) is 0.464. The Morgan fingerprint density at radius 2 is 1.47 bits per heavy atom. The molecule has 0 aliphatic carbocycles. The van der Waals surface area contributed by atoms with Crippen LogP contribution in [0.3, 0.4) is 0 Å². The molecule has 4 unspecified atom stereocenters. The minimum atomic E-state index is -1.82. The molecule has 234 valence electrons. The summed E-state index contributed by atoms with van der Waals surface area (Å²) in [5, 5.41) is 81.9. The topological polar surface area (TPSA) is 238 Å². The van der Waals surface area contributed by atoms with Gasteiger partial charge in [0.2, 0.25) is 12.0 Å². The first-order valence-electron chi connectivity index (χ1n) is 13.3. The van der Waals surface area contributed by atoms with Crippen LogP contribution in [0.2, 0.25) is 0 Å². The van der Waals surface area contributed by atoms with Crippen LogP contribution in [-0.2, 0) is 14.2 Å². The number of fused-ring (bicyclic) bond motifs is 1. The van der Waals surface area contributed by atoms with E-state index in [1.807, 2.05) is 0 Å². The van der Waals surface area contributed by atoms with Crippen LogP contribution in [-0.4, -0.2) is 116 Å². The van der Waals surface area contributed by atoms with E-state index in [0.717, 1.165) is 6.07 Å². The second-order valence-corrected chi connectivity index (χ2v) is 10.3. The van der Waals surface area contributed by atoms with E-state index in [1.54, 1.807) is 0 Å². The Labute approximate surface area is 243 Å². The molecule has 0 spiro atoms. The molecule has 10 atom stereocenters. The molecular weight excluding hydrogens is 576 g/mol. The molecule has 5 rings (SSSR count). The number of benzene rings is 2. The van der Waals surface area contributed by atoms with Crippen LogP contribution < -0.4 is 14.9 Å². The molecule has 2 aromatic carbocycles. The Bertz CT molecular complexity index is 1490. The van der Waals surface area contributed by atoms with Crippen molar-refractivity contribution in [3.8, 4) is 34.3 Å². The minimum Gasteiger partial charge on any atom is -0.508 e. The summed E-state index contributed by atoms with van der Waals surface area (Å²) >= 11 is 0. The molecule has 2 saturated heterocycles. The molecule has 0 amide bonds. The number of phenols is 2. The molecule has 0 bridgehead atoms. The summed E-state index contributed by atoms with van der Waals surface area (Å²) in [6.07, 6.45) is -15.3. The highest BCUT2D eigenvalue weighted by molar-refractivity contribution is 5.89. The third-order valence-corrected chi connectivity index (χ3v) is 7.41. The Balaban J connectivity index is 1.41. The lowest BCUT2D eigenvalue weighted by Crippen LogP contribution is -2.61. The number of phenolic OH excluding ortho intramolecular Hbond substituents is 2. The van der Waals surface area contributed by atoms with Gasteiger partial charge < -0.3 is 69.0 Å². The Kier molecular flexibility index (Phi) is 8.80. The molecule has 2 aliphatic rings. The van der Waals surface area contributed by atoms with Crippen LogP contribution in [0.15, 0.2) is 45.6 Å². The van der Waals surface area contributed by atoms with E-state index in [9.17, 15) is 45.6 Å². The summed E-state index contributed by atoms with van der Waals surface area (Å²) in [6, 6.07) is 8.18. The highest BCUT2D eigenvalue weighted by Gasteiger charge is 2.47. The van der Waals surface area contributed by atoms with E-state index < -0.39 is 79.2 Å². The molecule has 3 heterocycles. The fourth-order valence-corrected chi connectivity index (χ4v) is 4.93. The van der Waals surface area contributed by atoms with Crippen molar-refractivity contribution in [3.63, 3.8) is 0 Å². The predicted molar refractivity (Wildman–Crippen MR) is 143 cm³/mol. The standard InChI is InChI=1S/C28H32O15/c1-10-19(31)22(34)24(36)27(40-10)39-9-17-20(32)23(35)25(37)28(43-17)42-16-8-15-18(21(33)26(16)38-2)13(30)7-14(41-15)11-3-5-12(29)6-4-11/h3-8,10,17,19-20,22-25,27-29,31-37H,9H2,1-2H3/t10?,17?,19-,20+,22?,23-,24-,25?,27+,28+/m0/s1.